The van der Waals surface area contributed by atoms with Gasteiger partial charge < -0.3 is 18.9 Å². The van der Waals surface area contributed by atoms with Crippen LogP contribution in [0.25, 0.3) is 0 Å². The highest BCUT2D eigenvalue weighted by atomic mass is 16.7. The first-order valence-corrected chi connectivity index (χ1v) is 8.14. The zero-order chi connectivity index (χ0) is 20.0. The lowest BCUT2D eigenvalue weighted by Crippen LogP contribution is -2.25. The van der Waals surface area contributed by atoms with Crippen LogP contribution in [0.5, 0.6) is 11.5 Å². The van der Waals surface area contributed by atoms with Crippen LogP contribution in [0.3, 0.4) is 0 Å². The minimum Gasteiger partial charge on any atom is -0.453 e. The molecule has 0 spiro atoms. The van der Waals surface area contributed by atoms with Crippen LogP contribution in [0.4, 0.5) is 0 Å². The molecule has 1 rings (SSSR count). The summed E-state index contributed by atoms with van der Waals surface area (Å²) in [6.45, 7) is 9.71. The van der Waals surface area contributed by atoms with Gasteiger partial charge in [-0.05, 0) is 59.7 Å². The molecule has 0 bridgehead atoms. The lowest BCUT2D eigenvalue weighted by molar-refractivity contribution is -0.161. The molecule has 7 nitrogen and oxygen atoms in total. The highest BCUT2D eigenvalue weighted by Crippen LogP contribution is 2.28. The Morgan fingerprint density at radius 3 is 1.73 bits per heavy atom. The Morgan fingerprint density at radius 2 is 1.31 bits per heavy atom. The van der Waals surface area contributed by atoms with Gasteiger partial charge in [0, 0.05) is 5.56 Å². The van der Waals surface area contributed by atoms with E-state index in [2.05, 4.69) is 0 Å². The molecule has 1 aromatic rings. The molecule has 0 N–H and O–H groups in total. The molecule has 0 saturated carbocycles. The van der Waals surface area contributed by atoms with Crippen molar-refractivity contribution in [2.24, 2.45) is 10.8 Å². The summed E-state index contributed by atoms with van der Waals surface area (Å²) < 4.78 is 20.9. The molecule has 7 heteroatoms. The van der Waals surface area contributed by atoms with Crippen LogP contribution in [-0.2, 0) is 19.1 Å². The zero-order valence-corrected chi connectivity index (χ0v) is 16.1. The number of benzene rings is 1. The number of ether oxygens (including phenoxy) is 4. The molecule has 0 amide bonds. The smallest absolute Gasteiger partial charge is 0.314 e. The summed E-state index contributed by atoms with van der Waals surface area (Å²) in [6.07, 6.45) is 0.650. The Labute approximate surface area is 153 Å². The lowest BCUT2D eigenvalue weighted by Gasteiger charge is -2.19. The van der Waals surface area contributed by atoms with Gasteiger partial charge in [-0.3, -0.25) is 14.4 Å². The molecule has 144 valence electrons. The van der Waals surface area contributed by atoms with E-state index in [0.29, 0.717) is 11.8 Å². The van der Waals surface area contributed by atoms with Crippen molar-refractivity contribution in [3.63, 3.8) is 0 Å². The SMILES string of the molecule is CC(C)(C)C(=O)OCOc1ccc(C=O)cc1OCOC(=O)C(C)(C)C. The number of carbonyl (C=O) groups excluding carboxylic acids is 3. The highest BCUT2D eigenvalue weighted by molar-refractivity contribution is 5.77. The van der Waals surface area contributed by atoms with Crippen molar-refractivity contribution in [3.8, 4) is 11.5 Å². The molecule has 0 saturated heterocycles. The summed E-state index contributed by atoms with van der Waals surface area (Å²) in [6, 6.07) is 4.48. The molecule has 0 aliphatic heterocycles. The van der Waals surface area contributed by atoms with Crippen molar-refractivity contribution >= 4 is 18.2 Å². The van der Waals surface area contributed by atoms with Crippen LogP contribution in [0.2, 0.25) is 0 Å². The van der Waals surface area contributed by atoms with Crippen molar-refractivity contribution in [1.29, 1.82) is 0 Å². The van der Waals surface area contributed by atoms with Crippen LogP contribution < -0.4 is 9.47 Å². The predicted molar refractivity (Wildman–Crippen MR) is 93.9 cm³/mol. The van der Waals surface area contributed by atoms with Gasteiger partial charge in [-0.25, -0.2) is 0 Å². The second-order valence-electron chi connectivity index (χ2n) is 7.71. The Bertz CT molecular complexity index is 651. The number of rotatable bonds is 7. The summed E-state index contributed by atoms with van der Waals surface area (Å²) in [5.41, 5.74) is -0.944. The second kappa shape index (κ2) is 8.69. The van der Waals surface area contributed by atoms with E-state index in [0.717, 1.165) is 0 Å². The average Bonchev–Trinajstić information content (AvgIpc) is 2.53. The monoisotopic (exact) mass is 366 g/mol. The number of aldehydes is 1. The largest absolute Gasteiger partial charge is 0.453 e. The fourth-order valence-electron chi connectivity index (χ4n) is 1.56. The maximum absolute atomic E-state index is 11.8. The fourth-order valence-corrected chi connectivity index (χ4v) is 1.56. The standard InChI is InChI=1S/C19H26O7/c1-18(2,3)16(21)25-11-23-14-8-7-13(10-20)9-15(14)24-12-26-17(22)19(4,5)6/h7-10H,11-12H2,1-6H3. The molecular formula is C19H26O7. The number of hydrogen-bond donors (Lipinski definition) is 0. The minimum absolute atomic E-state index is 0.197. The summed E-state index contributed by atoms with van der Waals surface area (Å²) in [7, 11) is 0. The van der Waals surface area contributed by atoms with Crippen molar-refractivity contribution in [2.75, 3.05) is 13.6 Å². The third kappa shape index (κ3) is 6.74. The van der Waals surface area contributed by atoms with Gasteiger partial charge in [0.2, 0.25) is 13.6 Å². The number of hydrogen-bond acceptors (Lipinski definition) is 7. The van der Waals surface area contributed by atoms with E-state index in [4.69, 9.17) is 18.9 Å². The summed E-state index contributed by atoms with van der Waals surface area (Å²) in [5, 5.41) is 0. The van der Waals surface area contributed by atoms with Crippen LogP contribution in [0.15, 0.2) is 18.2 Å². The van der Waals surface area contributed by atoms with E-state index in [-0.39, 0.29) is 25.1 Å². The van der Waals surface area contributed by atoms with Crippen LogP contribution >= 0.6 is 0 Å². The van der Waals surface area contributed by atoms with Crippen molar-refractivity contribution in [3.05, 3.63) is 23.8 Å². The lowest BCUT2D eigenvalue weighted by atomic mass is 9.97. The first-order valence-electron chi connectivity index (χ1n) is 8.14. The summed E-state index contributed by atoms with van der Waals surface area (Å²) in [4.78, 5) is 34.4. The Balaban J connectivity index is 2.72. The van der Waals surface area contributed by atoms with Gasteiger partial charge in [0.15, 0.2) is 11.5 Å². The van der Waals surface area contributed by atoms with Gasteiger partial charge in [-0.15, -0.1) is 0 Å². The van der Waals surface area contributed by atoms with E-state index in [9.17, 15) is 14.4 Å². The highest BCUT2D eigenvalue weighted by Gasteiger charge is 2.24. The van der Waals surface area contributed by atoms with Gasteiger partial charge in [-0.2, -0.15) is 0 Å². The van der Waals surface area contributed by atoms with Gasteiger partial charge in [0.25, 0.3) is 0 Å². The molecule has 0 radical (unpaired) electrons. The van der Waals surface area contributed by atoms with Crippen LogP contribution in [0.1, 0.15) is 51.9 Å². The normalized spacial score (nSPS) is 11.5. The first kappa shape index (κ1) is 21.5. The summed E-state index contributed by atoms with van der Waals surface area (Å²) >= 11 is 0. The van der Waals surface area contributed by atoms with E-state index in [1.54, 1.807) is 41.5 Å². The third-order valence-corrected chi connectivity index (χ3v) is 3.14. The van der Waals surface area contributed by atoms with Crippen molar-refractivity contribution in [1.82, 2.24) is 0 Å². The molecular weight excluding hydrogens is 340 g/mol. The van der Waals surface area contributed by atoms with Crippen LogP contribution in [-0.4, -0.2) is 31.8 Å². The van der Waals surface area contributed by atoms with Crippen molar-refractivity contribution in [2.45, 2.75) is 41.5 Å². The number of esters is 2. The zero-order valence-electron chi connectivity index (χ0n) is 16.1. The fraction of sp³-hybridized carbons (Fsp3) is 0.526. The molecule has 0 aromatic heterocycles. The Morgan fingerprint density at radius 1 is 0.846 bits per heavy atom. The molecule has 0 fully saturated rings. The van der Waals surface area contributed by atoms with Crippen molar-refractivity contribution < 1.29 is 33.3 Å². The van der Waals surface area contributed by atoms with Crippen LogP contribution in [0, 0.1) is 10.8 Å². The average molecular weight is 366 g/mol. The number of carbonyl (C=O) groups is 3. The molecule has 0 atom stereocenters. The first-order chi connectivity index (χ1) is 11.9. The van der Waals surface area contributed by atoms with E-state index in [1.165, 1.54) is 18.2 Å². The Kier molecular flexibility index (Phi) is 7.18. The second-order valence-corrected chi connectivity index (χ2v) is 7.71. The molecule has 0 unspecified atom stereocenters. The molecule has 26 heavy (non-hydrogen) atoms. The van der Waals surface area contributed by atoms with Gasteiger partial charge in [0.05, 0.1) is 10.8 Å². The van der Waals surface area contributed by atoms with E-state index in [1.807, 2.05) is 0 Å². The molecule has 0 aliphatic rings. The molecule has 0 aliphatic carbocycles. The minimum atomic E-state index is -0.658. The Hall–Kier alpha value is -2.57. The predicted octanol–water partition coefficient (Wildman–Crippen LogP) is 3.35. The van der Waals surface area contributed by atoms with E-state index < -0.39 is 22.8 Å². The quantitative estimate of drug-likeness (QED) is 0.415. The summed E-state index contributed by atoms with van der Waals surface area (Å²) in [5.74, 6) is -0.388. The van der Waals surface area contributed by atoms with Gasteiger partial charge in [0.1, 0.15) is 6.29 Å². The molecule has 0 heterocycles. The maximum Gasteiger partial charge on any atom is 0.314 e. The van der Waals surface area contributed by atoms with Gasteiger partial charge >= 0.3 is 11.9 Å². The topological polar surface area (TPSA) is 88.1 Å². The van der Waals surface area contributed by atoms with E-state index >= 15 is 0 Å². The third-order valence-electron chi connectivity index (χ3n) is 3.14. The van der Waals surface area contributed by atoms with Gasteiger partial charge in [-0.1, -0.05) is 0 Å². The maximum atomic E-state index is 11.8. The molecule has 1 aromatic carbocycles.